The third kappa shape index (κ3) is 5.40. The van der Waals surface area contributed by atoms with Crippen molar-refractivity contribution in [3.63, 3.8) is 0 Å². The molecule has 80 valence electrons. The minimum absolute atomic E-state index is 0. The van der Waals surface area contributed by atoms with E-state index in [1.54, 1.807) is 0 Å². The molecule has 0 saturated heterocycles. The number of hydrogen-bond donors (Lipinski definition) is 0. The van der Waals surface area contributed by atoms with Crippen molar-refractivity contribution in [2.45, 2.75) is 0 Å². The summed E-state index contributed by atoms with van der Waals surface area (Å²) in [5.41, 5.74) is 0. The van der Waals surface area contributed by atoms with Gasteiger partial charge in [0.15, 0.2) is 0 Å². The summed E-state index contributed by atoms with van der Waals surface area (Å²) in [6.45, 7) is 18.8. The van der Waals surface area contributed by atoms with Crippen molar-refractivity contribution >= 4 is 24.0 Å². The number of halogens is 1. The average molecular weight is 306 g/mol. The van der Waals surface area contributed by atoms with Crippen molar-refractivity contribution in [1.82, 2.24) is 0 Å². The van der Waals surface area contributed by atoms with Crippen LogP contribution >= 0.6 is 24.0 Å². The number of quaternary nitrogens is 1. The molecule has 0 aromatic carbocycles. The third-order valence-electron chi connectivity index (χ3n) is 2.07. The lowest BCUT2D eigenvalue weighted by atomic mass is 10.3. The van der Waals surface area contributed by atoms with Gasteiger partial charge in [-0.05, 0) is 24.3 Å². The van der Waals surface area contributed by atoms with Crippen LogP contribution in [0.2, 0.25) is 0 Å². The second kappa shape index (κ2) is 9.21. The molecule has 0 unspecified atom stereocenters. The lowest BCUT2D eigenvalue weighted by Gasteiger charge is -2.35. The van der Waals surface area contributed by atoms with Gasteiger partial charge in [-0.1, -0.05) is 26.3 Å². The van der Waals surface area contributed by atoms with E-state index in [0.29, 0.717) is 0 Å². The van der Waals surface area contributed by atoms with Crippen molar-refractivity contribution in [2.24, 2.45) is 0 Å². The Balaban J connectivity index is 0. The molecular weight excluding hydrogens is 285 g/mol. The fourth-order valence-electron chi connectivity index (χ4n) is 1.54. The molecule has 0 aliphatic heterocycles. The minimum Gasteiger partial charge on any atom is -0.311 e. The van der Waals surface area contributed by atoms with Crippen molar-refractivity contribution in [2.75, 3.05) is 26.2 Å². The first-order chi connectivity index (χ1) is 6.24. The first kappa shape index (κ1) is 16.1. The van der Waals surface area contributed by atoms with E-state index in [0.717, 1.165) is 30.7 Å². The quantitative estimate of drug-likeness (QED) is 0.367. The normalized spacial score (nSPS) is 9.71. The van der Waals surface area contributed by atoms with Gasteiger partial charge in [0.1, 0.15) is 0 Å². The van der Waals surface area contributed by atoms with Gasteiger partial charge in [-0.25, -0.2) is 0 Å². The van der Waals surface area contributed by atoms with Gasteiger partial charge < -0.3 is 4.48 Å². The van der Waals surface area contributed by atoms with E-state index in [1.165, 1.54) is 0 Å². The van der Waals surface area contributed by atoms with Crippen molar-refractivity contribution in [1.29, 1.82) is 0 Å². The van der Waals surface area contributed by atoms with Crippen LogP contribution in [-0.4, -0.2) is 30.7 Å². The van der Waals surface area contributed by atoms with Crippen LogP contribution in [0.5, 0.6) is 0 Å². The summed E-state index contributed by atoms with van der Waals surface area (Å²) < 4.78 is 0.903. The fraction of sp³-hybridized carbons (Fsp3) is 0.333. The van der Waals surface area contributed by atoms with E-state index >= 15 is 0 Å². The zero-order valence-corrected chi connectivity index (χ0v) is 11.2. The Hall–Kier alpha value is -0.350. The number of nitrogens with zero attached hydrogens (tertiary/aromatic N) is 1. The molecule has 0 aromatic heterocycles. The SMILES string of the molecule is C=CC[N+](CC=C)(CC=C)CC=C.I. The van der Waals surface area contributed by atoms with Crippen molar-refractivity contribution in [3.05, 3.63) is 50.6 Å². The Bertz CT molecular complexity index is 151. The lowest BCUT2D eigenvalue weighted by molar-refractivity contribution is -0.906. The summed E-state index contributed by atoms with van der Waals surface area (Å²) >= 11 is 0. The predicted octanol–water partition coefficient (Wildman–Crippen LogP) is 3.17. The van der Waals surface area contributed by atoms with Gasteiger partial charge in [0, 0.05) is 0 Å². The van der Waals surface area contributed by atoms with Crippen LogP contribution in [0, 0.1) is 0 Å². The molecular formula is C12H21IN+. The molecule has 0 N–H and O–H groups in total. The summed E-state index contributed by atoms with van der Waals surface area (Å²) in [6, 6.07) is 0. The molecule has 0 spiro atoms. The number of rotatable bonds is 8. The average Bonchev–Trinajstić information content (AvgIpc) is 2.06. The molecule has 0 saturated carbocycles. The highest BCUT2D eigenvalue weighted by molar-refractivity contribution is 14.0. The van der Waals surface area contributed by atoms with Gasteiger partial charge >= 0.3 is 0 Å². The van der Waals surface area contributed by atoms with Crippen LogP contribution in [0.4, 0.5) is 0 Å². The largest absolute Gasteiger partial charge is 0.311 e. The Morgan fingerprint density at radius 3 is 1.00 bits per heavy atom. The summed E-state index contributed by atoms with van der Waals surface area (Å²) in [7, 11) is 0. The van der Waals surface area contributed by atoms with E-state index in [9.17, 15) is 0 Å². The highest BCUT2D eigenvalue weighted by Gasteiger charge is 2.20. The van der Waals surface area contributed by atoms with E-state index in [4.69, 9.17) is 0 Å². The molecule has 1 nitrogen and oxygen atoms in total. The molecule has 0 rings (SSSR count). The van der Waals surface area contributed by atoms with Crippen LogP contribution in [0.15, 0.2) is 50.6 Å². The number of hydrogen-bond acceptors (Lipinski definition) is 0. The first-order valence-electron chi connectivity index (χ1n) is 4.53. The predicted molar refractivity (Wildman–Crippen MR) is 75.9 cm³/mol. The van der Waals surface area contributed by atoms with Crippen molar-refractivity contribution in [3.8, 4) is 0 Å². The molecule has 0 amide bonds. The molecule has 2 heteroatoms. The Kier molecular flexibility index (Phi) is 10.6. The minimum atomic E-state index is 0. The third-order valence-corrected chi connectivity index (χ3v) is 2.07. The summed E-state index contributed by atoms with van der Waals surface area (Å²) in [5, 5.41) is 0. The first-order valence-corrected chi connectivity index (χ1v) is 4.53. The maximum atomic E-state index is 3.77. The molecule has 14 heavy (non-hydrogen) atoms. The maximum Gasteiger partial charge on any atom is 0.0978 e. The zero-order chi connectivity index (χ0) is 10.2. The van der Waals surface area contributed by atoms with Gasteiger partial charge in [0.05, 0.1) is 26.2 Å². The fourth-order valence-corrected chi connectivity index (χ4v) is 1.54. The van der Waals surface area contributed by atoms with E-state index < -0.39 is 0 Å². The molecule has 0 fully saturated rings. The Labute approximate surface area is 105 Å². The lowest BCUT2D eigenvalue weighted by Crippen LogP contribution is -2.48. The molecule has 0 bridgehead atoms. The monoisotopic (exact) mass is 306 g/mol. The molecule has 0 aliphatic rings. The van der Waals surface area contributed by atoms with Gasteiger partial charge in [0.25, 0.3) is 0 Å². The van der Waals surface area contributed by atoms with Crippen LogP contribution in [0.25, 0.3) is 0 Å². The molecule has 0 radical (unpaired) electrons. The maximum absolute atomic E-state index is 3.77. The van der Waals surface area contributed by atoms with Crippen LogP contribution < -0.4 is 0 Å². The van der Waals surface area contributed by atoms with E-state index in [-0.39, 0.29) is 24.0 Å². The molecule has 0 atom stereocenters. The van der Waals surface area contributed by atoms with Crippen LogP contribution in [0.1, 0.15) is 0 Å². The molecule has 0 aromatic rings. The van der Waals surface area contributed by atoms with Gasteiger partial charge in [-0.3, -0.25) is 0 Å². The zero-order valence-electron chi connectivity index (χ0n) is 8.82. The van der Waals surface area contributed by atoms with Crippen LogP contribution in [-0.2, 0) is 0 Å². The molecule has 0 heterocycles. The van der Waals surface area contributed by atoms with Crippen molar-refractivity contribution < 1.29 is 4.48 Å². The molecule has 0 aliphatic carbocycles. The smallest absolute Gasteiger partial charge is 0.0978 e. The topological polar surface area (TPSA) is 0 Å². The summed E-state index contributed by atoms with van der Waals surface area (Å²) in [6.07, 6.45) is 7.76. The van der Waals surface area contributed by atoms with Gasteiger partial charge in [-0.2, -0.15) is 0 Å². The second-order valence-electron chi connectivity index (χ2n) is 3.23. The highest BCUT2D eigenvalue weighted by atomic mass is 127. The van der Waals surface area contributed by atoms with Gasteiger partial charge in [0.2, 0.25) is 0 Å². The second-order valence-corrected chi connectivity index (χ2v) is 3.23. The summed E-state index contributed by atoms with van der Waals surface area (Å²) in [5.74, 6) is 0. The van der Waals surface area contributed by atoms with Crippen LogP contribution in [0.3, 0.4) is 0 Å². The standard InChI is InChI=1S/C12H20N.HI/c1-5-9-13(10-6-2,11-7-3)12-8-4;/h5-8H,1-4,9-12H2;1H/q+1;. The van der Waals surface area contributed by atoms with Gasteiger partial charge in [-0.15, -0.1) is 24.0 Å². The Morgan fingerprint density at radius 2 is 0.857 bits per heavy atom. The van der Waals surface area contributed by atoms with E-state index in [1.807, 2.05) is 24.3 Å². The highest BCUT2D eigenvalue weighted by Crippen LogP contribution is 2.07. The Morgan fingerprint density at radius 1 is 0.643 bits per heavy atom. The summed E-state index contributed by atoms with van der Waals surface area (Å²) in [4.78, 5) is 0. The van der Waals surface area contributed by atoms with E-state index in [2.05, 4.69) is 26.3 Å².